The lowest BCUT2D eigenvalue weighted by Crippen LogP contribution is -2.01. The lowest BCUT2D eigenvalue weighted by molar-refractivity contribution is 0.698. The summed E-state index contributed by atoms with van der Waals surface area (Å²) in [6.07, 6.45) is 2.85. The largest absolute Gasteiger partial charge is 0.398 e. The van der Waals surface area contributed by atoms with E-state index in [4.69, 9.17) is 10.7 Å². The number of fused-ring (bicyclic) bond motifs is 1. The number of nitrogens with two attached hydrogens (primary N) is 1. The van der Waals surface area contributed by atoms with E-state index in [0.29, 0.717) is 0 Å². The van der Waals surface area contributed by atoms with Gasteiger partial charge < -0.3 is 10.3 Å². The molecule has 0 unspecified atom stereocenters. The molecule has 0 fully saturated rings. The van der Waals surface area contributed by atoms with E-state index in [0.717, 1.165) is 46.8 Å². The summed E-state index contributed by atoms with van der Waals surface area (Å²) < 4.78 is 2.17. The summed E-state index contributed by atoms with van der Waals surface area (Å²) in [5, 5.41) is 0. The van der Waals surface area contributed by atoms with Crippen molar-refractivity contribution < 1.29 is 0 Å². The normalized spacial score (nSPS) is 11.1. The summed E-state index contributed by atoms with van der Waals surface area (Å²) >= 11 is 0. The summed E-state index contributed by atoms with van der Waals surface area (Å²) in [5.41, 5.74) is 10.8. The first-order valence-corrected chi connectivity index (χ1v) is 6.88. The monoisotopic (exact) mass is 266 g/mol. The van der Waals surface area contributed by atoms with Gasteiger partial charge in [-0.05, 0) is 37.1 Å². The fraction of sp³-hybridized carbons (Fsp3) is 0.250. The van der Waals surface area contributed by atoms with Crippen molar-refractivity contribution in [3.63, 3.8) is 0 Å². The van der Waals surface area contributed by atoms with Crippen LogP contribution >= 0.6 is 0 Å². The van der Waals surface area contributed by atoms with E-state index in [1.165, 1.54) is 0 Å². The van der Waals surface area contributed by atoms with Gasteiger partial charge in [0.15, 0.2) is 5.65 Å². The molecule has 3 aromatic rings. The lowest BCUT2D eigenvalue weighted by Gasteiger charge is -2.08. The summed E-state index contributed by atoms with van der Waals surface area (Å²) in [7, 11) is 0. The highest BCUT2D eigenvalue weighted by Gasteiger charge is 2.13. The van der Waals surface area contributed by atoms with Crippen molar-refractivity contribution in [3.8, 4) is 11.4 Å². The van der Waals surface area contributed by atoms with Crippen molar-refractivity contribution in [3.05, 3.63) is 42.1 Å². The number of rotatable bonds is 3. The zero-order valence-electron chi connectivity index (χ0n) is 11.8. The van der Waals surface area contributed by atoms with Gasteiger partial charge in [-0.1, -0.05) is 19.1 Å². The van der Waals surface area contributed by atoms with Crippen LogP contribution in [0.1, 0.15) is 18.9 Å². The molecule has 102 valence electrons. The Morgan fingerprint density at radius 2 is 2.10 bits per heavy atom. The molecule has 0 spiro atoms. The number of imidazole rings is 1. The Morgan fingerprint density at radius 1 is 1.25 bits per heavy atom. The molecule has 0 amide bonds. The van der Waals surface area contributed by atoms with Gasteiger partial charge in [-0.3, -0.25) is 0 Å². The maximum atomic E-state index is 6.02. The molecule has 0 saturated carbocycles. The summed E-state index contributed by atoms with van der Waals surface area (Å²) in [4.78, 5) is 9.17. The molecule has 0 radical (unpaired) electrons. The van der Waals surface area contributed by atoms with Gasteiger partial charge in [-0.15, -0.1) is 0 Å². The minimum absolute atomic E-state index is 0.797. The van der Waals surface area contributed by atoms with Crippen LogP contribution in [-0.4, -0.2) is 14.5 Å². The van der Waals surface area contributed by atoms with Gasteiger partial charge in [0.05, 0.1) is 0 Å². The van der Waals surface area contributed by atoms with E-state index < -0.39 is 0 Å². The van der Waals surface area contributed by atoms with E-state index in [9.17, 15) is 0 Å². The van der Waals surface area contributed by atoms with Crippen LogP contribution in [0, 0.1) is 6.92 Å². The van der Waals surface area contributed by atoms with Gasteiger partial charge in [0.1, 0.15) is 11.3 Å². The van der Waals surface area contributed by atoms with E-state index in [2.05, 4.69) is 22.5 Å². The van der Waals surface area contributed by atoms with Gasteiger partial charge in [0, 0.05) is 24.0 Å². The molecule has 20 heavy (non-hydrogen) atoms. The van der Waals surface area contributed by atoms with Crippen LogP contribution in [0.3, 0.4) is 0 Å². The summed E-state index contributed by atoms with van der Waals surface area (Å²) in [6.45, 7) is 5.06. The number of hydrogen-bond donors (Lipinski definition) is 1. The Kier molecular flexibility index (Phi) is 3.14. The number of benzene rings is 1. The third-order valence-electron chi connectivity index (χ3n) is 3.49. The maximum absolute atomic E-state index is 6.02. The van der Waals surface area contributed by atoms with Crippen molar-refractivity contribution in [1.29, 1.82) is 0 Å². The number of hydrogen-bond acceptors (Lipinski definition) is 3. The van der Waals surface area contributed by atoms with Crippen LogP contribution in [0.5, 0.6) is 0 Å². The number of nitrogens with zero attached hydrogens (tertiary/aromatic N) is 3. The minimum atomic E-state index is 0.797. The maximum Gasteiger partial charge on any atom is 0.160 e. The molecular weight excluding hydrogens is 248 g/mol. The van der Waals surface area contributed by atoms with Crippen LogP contribution in [0.4, 0.5) is 5.69 Å². The Bertz CT molecular complexity index is 758. The molecule has 0 aliphatic rings. The van der Waals surface area contributed by atoms with Gasteiger partial charge in [0.2, 0.25) is 0 Å². The van der Waals surface area contributed by atoms with Crippen molar-refractivity contribution in [2.45, 2.75) is 26.8 Å². The average molecular weight is 266 g/mol. The van der Waals surface area contributed by atoms with Gasteiger partial charge in [0.25, 0.3) is 0 Å². The highest BCUT2D eigenvalue weighted by molar-refractivity contribution is 5.78. The summed E-state index contributed by atoms with van der Waals surface area (Å²) in [5.74, 6) is 0.937. The molecule has 0 aliphatic carbocycles. The second-order valence-electron chi connectivity index (χ2n) is 5.00. The molecule has 1 aromatic carbocycles. The lowest BCUT2D eigenvalue weighted by atomic mass is 10.1. The fourth-order valence-corrected chi connectivity index (χ4v) is 2.39. The van der Waals surface area contributed by atoms with E-state index in [-0.39, 0.29) is 0 Å². The summed E-state index contributed by atoms with van der Waals surface area (Å²) in [6, 6.07) is 10.0. The smallest absolute Gasteiger partial charge is 0.160 e. The van der Waals surface area contributed by atoms with Gasteiger partial charge in [-0.25, -0.2) is 9.97 Å². The predicted octanol–water partition coefficient (Wildman–Crippen LogP) is 3.40. The zero-order chi connectivity index (χ0) is 14.1. The average Bonchev–Trinajstić information content (AvgIpc) is 2.82. The topological polar surface area (TPSA) is 56.7 Å². The minimum Gasteiger partial charge on any atom is -0.398 e. The molecule has 0 aliphatic heterocycles. The molecule has 0 bridgehead atoms. The van der Waals surface area contributed by atoms with E-state index in [1.807, 2.05) is 37.4 Å². The first kappa shape index (κ1) is 12.7. The molecular formula is C16H18N4. The second-order valence-corrected chi connectivity index (χ2v) is 5.00. The molecule has 2 aromatic heterocycles. The quantitative estimate of drug-likeness (QED) is 0.739. The number of anilines is 1. The Balaban J connectivity index is 2.23. The third-order valence-corrected chi connectivity index (χ3v) is 3.49. The SMILES string of the molecule is CCCn1c(-c2ccc(C)c(N)c2)nc2cccnc21. The number of nitrogen functional groups attached to an aromatic ring is 1. The third kappa shape index (κ3) is 2.03. The van der Waals surface area contributed by atoms with Crippen molar-refractivity contribution in [1.82, 2.24) is 14.5 Å². The molecule has 3 rings (SSSR count). The van der Waals surface area contributed by atoms with E-state index in [1.54, 1.807) is 0 Å². The Morgan fingerprint density at radius 3 is 2.85 bits per heavy atom. The predicted molar refractivity (Wildman–Crippen MR) is 82.4 cm³/mol. The van der Waals surface area contributed by atoms with E-state index >= 15 is 0 Å². The van der Waals surface area contributed by atoms with Crippen molar-refractivity contribution in [2.24, 2.45) is 0 Å². The number of aryl methyl sites for hydroxylation is 2. The molecule has 0 saturated heterocycles. The highest BCUT2D eigenvalue weighted by atomic mass is 15.1. The Hall–Kier alpha value is -2.36. The second kappa shape index (κ2) is 4.96. The zero-order valence-corrected chi connectivity index (χ0v) is 11.8. The molecule has 2 N–H and O–H groups in total. The first-order chi connectivity index (χ1) is 9.70. The van der Waals surface area contributed by atoms with Gasteiger partial charge in [-0.2, -0.15) is 0 Å². The molecule has 0 atom stereocenters. The number of pyridine rings is 1. The Labute approximate surface area is 118 Å². The number of aromatic nitrogens is 3. The van der Waals surface area contributed by atoms with Crippen molar-refractivity contribution >= 4 is 16.9 Å². The molecule has 2 heterocycles. The van der Waals surface area contributed by atoms with Crippen LogP contribution in [0.25, 0.3) is 22.6 Å². The van der Waals surface area contributed by atoms with Gasteiger partial charge >= 0.3 is 0 Å². The first-order valence-electron chi connectivity index (χ1n) is 6.88. The molecule has 4 nitrogen and oxygen atoms in total. The van der Waals surface area contributed by atoms with Crippen LogP contribution < -0.4 is 5.73 Å². The highest BCUT2D eigenvalue weighted by Crippen LogP contribution is 2.26. The van der Waals surface area contributed by atoms with Crippen LogP contribution in [0.2, 0.25) is 0 Å². The van der Waals surface area contributed by atoms with Crippen molar-refractivity contribution in [2.75, 3.05) is 5.73 Å². The molecule has 4 heteroatoms. The fourth-order valence-electron chi connectivity index (χ4n) is 2.39. The standard InChI is InChI=1S/C16H18N4/c1-3-9-20-15(12-7-6-11(2)13(17)10-12)19-14-5-4-8-18-16(14)20/h4-8,10H,3,9,17H2,1-2H3. The van der Waals surface area contributed by atoms with Crippen LogP contribution in [-0.2, 0) is 6.54 Å². The van der Waals surface area contributed by atoms with Crippen LogP contribution in [0.15, 0.2) is 36.5 Å².